The molecule has 0 atom stereocenters. The number of carbonyl (C=O) groups excluding carboxylic acids is 1. The summed E-state index contributed by atoms with van der Waals surface area (Å²) in [5.41, 5.74) is -0.439. The van der Waals surface area contributed by atoms with E-state index in [0.717, 1.165) is 17.5 Å². The van der Waals surface area contributed by atoms with Crippen molar-refractivity contribution >= 4 is 11.9 Å². The van der Waals surface area contributed by atoms with Crippen LogP contribution >= 0.6 is 0 Å². The fourth-order valence-electron chi connectivity index (χ4n) is 3.28. The lowest BCUT2D eigenvalue weighted by Crippen LogP contribution is -2.48. The molecule has 1 aromatic heterocycles. The molecular formula is C18H19N3O4. The average Bonchev–Trinajstić information content (AvgIpc) is 3.03. The fourth-order valence-corrected chi connectivity index (χ4v) is 3.28. The van der Waals surface area contributed by atoms with Gasteiger partial charge in [-0.25, -0.2) is 0 Å². The highest BCUT2D eigenvalue weighted by atomic mass is 16.4. The molecule has 3 rings (SSSR count). The van der Waals surface area contributed by atoms with Crippen LogP contribution in [0.15, 0.2) is 47.3 Å². The maximum absolute atomic E-state index is 12.6. The number of nitrogens with zero attached hydrogens (tertiary/aromatic N) is 2. The van der Waals surface area contributed by atoms with Crippen molar-refractivity contribution in [3.8, 4) is 5.69 Å². The maximum atomic E-state index is 12.6. The first-order valence-corrected chi connectivity index (χ1v) is 8.19. The van der Waals surface area contributed by atoms with E-state index in [-0.39, 0.29) is 17.7 Å². The standard InChI is InChI=1S/C18H19N3O4/c22-15-9-8-14(20-21(15)13-6-2-1-3-7-13)17(25)19-18(12-16(23)24)10-4-5-11-18/h1-3,6-9H,4-5,10-12H2,(H,19,25)(H,23,24). The van der Waals surface area contributed by atoms with Crippen molar-refractivity contribution in [1.82, 2.24) is 15.1 Å². The number of aromatic nitrogens is 2. The van der Waals surface area contributed by atoms with Crippen LogP contribution in [0.1, 0.15) is 42.6 Å². The second-order valence-electron chi connectivity index (χ2n) is 6.32. The monoisotopic (exact) mass is 341 g/mol. The molecule has 0 spiro atoms. The van der Waals surface area contributed by atoms with Crippen molar-refractivity contribution in [2.24, 2.45) is 0 Å². The van der Waals surface area contributed by atoms with Crippen LogP contribution in [0, 0.1) is 0 Å². The Morgan fingerprint density at radius 3 is 2.44 bits per heavy atom. The van der Waals surface area contributed by atoms with E-state index in [1.807, 2.05) is 6.07 Å². The Bertz CT molecular complexity index is 839. The smallest absolute Gasteiger partial charge is 0.305 e. The van der Waals surface area contributed by atoms with Crippen molar-refractivity contribution in [3.63, 3.8) is 0 Å². The molecule has 1 aliphatic carbocycles. The Labute approximate surface area is 144 Å². The van der Waals surface area contributed by atoms with Crippen LogP contribution in [0.5, 0.6) is 0 Å². The molecule has 1 saturated carbocycles. The molecule has 1 aliphatic rings. The van der Waals surface area contributed by atoms with E-state index in [9.17, 15) is 14.4 Å². The second kappa shape index (κ2) is 6.88. The van der Waals surface area contributed by atoms with Crippen LogP contribution in [0.2, 0.25) is 0 Å². The minimum atomic E-state index is -0.940. The zero-order chi connectivity index (χ0) is 17.9. The molecule has 1 amide bonds. The minimum Gasteiger partial charge on any atom is -0.481 e. The highest BCUT2D eigenvalue weighted by Gasteiger charge is 2.37. The Balaban J connectivity index is 1.88. The number of carbonyl (C=O) groups is 2. The third kappa shape index (κ3) is 3.76. The highest BCUT2D eigenvalue weighted by Crippen LogP contribution is 2.32. The van der Waals surface area contributed by atoms with E-state index in [2.05, 4.69) is 10.4 Å². The topological polar surface area (TPSA) is 101 Å². The molecule has 2 N–H and O–H groups in total. The number of amides is 1. The number of aliphatic carboxylic acids is 1. The number of hydrogen-bond acceptors (Lipinski definition) is 4. The van der Waals surface area contributed by atoms with Crippen LogP contribution in [-0.2, 0) is 4.79 Å². The summed E-state index contributed by atoms with van der Waals surface area (Å²) in [6.45, 7) is 0. The number of carboxylic acid groups (broad SMARTS) is 1. The van der Waals surface area contributed by atoms with Gasteiger partial charge in [-0.2, -0.15) is 9.78 Å². The van der Waals surface area contributed by atoms with E-state index in [1.165, 1.54) is 12.1 Å². The first-order valence-electron chi connectivity index (χ1n) is 8.19. The number of hydrogen-bond donors (Lipinski definition) is 2. The largest absolute Gasteiger partial charge is 0.481 e. The maximum Gasteiger partial charge on any atom is 0.305 e. The van der Waals surface area contributed by atoms with E-state index in [1.54, 1.807) is 24.3 Å². The molecule has 1 heterocycles. The number of nitrogens with one attached hydrogen (secondary N) is 1. The van der Waals surface area contributed by atoms with Gasteiger partial charge in [0.2, 0.25) is 0 Å². The number of carboxylic acids is 1. The van der Waals surface area contributed by atoms with Crippen LogP contribution in [0.25, 0.3) is 5.69 Å². The first kappa shape index (κ1) is 16.9. The third-order valence-corrected chi connectivity index (χ3v) is 4.46. The Morgan fingerprint density at radius 1 is 1.12 bits per heavy atom. The van der Waals surface area contributed by atoms with Crippen LogP contribution in [0.3, 0.4) is 0 Å². The summed E-state index contributed by atoms with van der Waals surface area (Å²) in [5, 5.41) is 16.1. The summed E-state index contributed by atoms with van der Waals surface area (Å²) in [6, 6.07) is 11.5. The molecule has 1 aromatic carbocycles. The predicted molar refractivity (Wildman–Crippen MR) is 90.8 cm³/mol. The fraction of sp³-hybridized carbons (Fsp3) is 0.333. The lowest BCUT2D eigenvalue weighted by molar-refractivity contribution is -0.138. The van der Waals surface area contributed by atoms with Crippen molar-refractivity contribution in [3.05, 3.63) is 58.5 Å². The summed E-state index contributed by atoms with van der Waals surface area (Å²) >= 11 is 0. The van der Waals surface area contributed by atoms with Gasteiger partial charge in [0.15, 0.2) is 0 Å². The highest BCUT2D eigenvalue weighted by molar-refractivity contribution is 5.93. The molecule has 7 heteroatoms. The van der Waals surface area contributed by atoms with Gasteiger partial charge in [0.1, 0.15) is 5.69 Å². The lowest BCUT2D eigenvalue weighted by atomic mass is 9.93. The summed E-state index contributed by atoms with van der Waals surface area (Å²) in [7, 11) is 0. The molecule has 7 nitrogen and oxygen atoms in total. The first-order chi connectivity index (χ1) is 12.0. The number of para-hydroxylation sites is 1. The Kier molecular flexibility index (Phi) is 4.65. The minimum absolute atomic E-state index is 0.0834. The molecular weight excluding hydrogens is 322 g/mol. The Morgan fingerprint density at radius 2 is 1.80 bits per heavy atom. The molecule has 0 aliphatic heterocycles. The SMILES string of the molecule is O=C(O)CC1(NC(=O)c2ccc(=O)n(-c3ccccc3)n2)CCCC1. The van der Waals surface area contributed by atoms with Gasteiger partial charge in [-0.3, -0.25) is 14.4 Å². The molecule has 0 radical (unpaired) electrons. The molecule has 0 bridgehead atoms. The van der Waals surface area contributed by atoms with E-state index in [4.69, 9.17) is 5.11 Å². The van der Waals surface area contributed by atoms with Crippen LogP contribution in [-0.4, -0.2) is 32.3 Å². The second-order valence-corrected chi connectivity index (χ2v) is 6.32. The van der Waals surface area contributed by atoms with Gasteiger partial charge in [0.05, 0.1) is 17.6 Å². The van der Waals surface area contributed by atoms with Gasteiger partial charge in [0.25, 0.3) is 11.5 Å². The van der Waals surface area contributed by atoms with Crippen molar-refractivity contribution in [2.45, 2.75) is 37.6 Å². The zero-order valence-electron chi connectivity index (χ0n) is 13.6. The normalized spacial score (nSPS) is 15.7. The van der Waals surface area contributed by atoms with Crippen molar-refractivity contribution < 1.29 is 14.7 Å². The summed E-state index contributed by atoms with van der Waals surface area (Å²) < 4.78 is 1.16. The molecule has 25 heavy (non-hydrogen) atoms. The number of rotatable bonds is 5. The van der Waals surface area contributed by atoms with E-state index in [0.29, 0.717) is 18.5 Å². The molecule has 2 aromatic rings. The quantitative estimate of drug-likeness (QED) is 0.863. The van der Waals surface area contributed by atoms with E-state index >= 15 is 0 Å². The Hall–Kier alpha value is -2.96. The summed E-state index contributed by atoms with van der Waals surface area (Å²) in [5.74, 6) is -1.41. The average molecular weight is 341 g/mol. The lowest BCUT2D eigenvalue weighted by Gasteiger charge is -2.28. The van der Waals surface area contributed by atoms with Gasteiger partial charge < -0.3 is 10.4 Å². The third-order valence-electron chi connectivity index (χ3n) is 4.46. The van der Waals surface area contributed by atoms with Gasteiger partial charge >= 0.3 is 5.97 Å². The van der Waals surface area contributed by atoms with Crippen molar-refractivity contribution in [2.75, 3.05) is 0 Å². The van der Waals surface area contributed by atoms with Crippen LogP contribution < -0.4 is 10.9 Å². The van der Waals surface area contributed by atoms with E-state index < -0.39 is 17.4 Å². The molecule has 1 fully saturated rings. The molecule has 130 valence electrons. The van der Waals surface area contributed by atoms with Crippen LogP contribution in [0.4, 0.5) is 0 Å². The van der Waals surface area contributed by atoms with Gasteiger partial charge in [-0.05, 0) is 31.0 Å². The van der Waals surface area contributed by atoms with Gasteiger partial charge in [-0.1, -0.05) is 31.0 Å². The summed E-state index contributed by atoms with van der Waals surface area (Å²) in [6.07, 6.45) is 2.90. The summed E-state index contributed by atoms with van der Waals surface area (Å²) in [4.78, 5) is 35.8. The van der Waals surface area contributed by atoms with Crippen molar-refractivity contribution in [1.29, 1.82) is 0 Å². The van der Waals surface area contributed by atoms with Gasteiger partial charge in [-0.15, -0.1) is 0 Å². The number of benzene rings is 1. The zero-order valence-corrected chi connectivity index (χ0v) is 13.6. The molecule has 0 unspecified atom stereocenters. The van der Waals surface area contributed by atoms with Gasteiger partial charge in [0, 0.05) is 6.07 Å². The predicted octanol–water partition coefficient (Wildman–Crippen LogP) is 1.75. The molecule has 0 saturated heterocycles.